The maximum atomic E-state index is 12.8. The standard InChI is InChI=1S/C21H38N2O6Si2/c1-20(2,3)30(7,8)26-13-14-16(29-31(9,10)21(4,5)6)17(18(25)27-14)28-19-22-12-11-15(24)23-19/h11-12,14,16-17H,13H2,1-10H3,(H,22,23,24)/t14-,16-,17+/m1/s1. The highest BCUT2D eigenvalue weighted by Crippen LogP contribution is 2.40. The van der Waals surface area contributed by atoms with Crippen LogP contribution in [-0.4, -0.2) is 57.5 Å². The smallest absolute Gasteiger partial charge is 0.350 e. The summed E-state index contributed by atoms with van der Waals surface area (Å²) in [4.78, 5) is 30.9. The number of aromatic amines is 1. The van der Waals surface area contributed by atoms with E-state index in [1.54, 1.807) is 0 Å². The summed E-state index contributed by atoms with van der Waals surface area (Å²) in [6.45, 7) is 21.6. The zero-order chi connectivity index (χ0) is 23.8. The van der Waals surface area contributed by atoms with Gasteiger partial charge >= 0.3 is 5.97 Å². The van der Waals surface area contributed by atoms with E-state index in [4.69, 9.17) is 18.3 Å². The lowest BCUT2D eigenvalue weighted by Crippen LogP contribution is -2.52. The molecule has 1 aliphatic rings. The van der Waals surface area contributed by atoms with E-state index in [9.17, 15) is 9.59 Å². The molecule has 0 bridgehead atoms. The molecule has 1 aromatic rings. The minimum Gasteiger partial charge on any atom is -0.454 e. The zero-order valence-corrected chi connectivity index (χ0v) is 22.5. The highest BCUT2D eigenvalue weighted by molar-refractivity contribution is 6.74. The highest BCUT2D eigenvalue weighted by atomic mass is 28.4. The van der Waals surface area contributed by atoms with E-state index < -0.39 is 40.9 Å². The molecule has 1 saturated heterocycles. The lowest BCUT2D eigenvalue weighted by atomic mass is 10.1. The molecular formula is C21H38N2O6Si2. The van der Waals surface area contributed by atoms with Gasteiger partial charge in [-0.3, -0.25) is 9.78 Å². The molecule has 0 spiro atoms. The number of carbonyl (C=O) groups excluding carboxylic acids is 1. The second kappa shape index (κ2) is 8.80. The Morgan fingerprint density at radius 2 is 1.61 bits per heavy atom. The van der Waals surface area contributed by atoms with Crippen LogP contribution < -0.4 is 10.3 Å². The number of H-pyrrole nitrogens is 1. The number of esters is 1. The average Bonchev–Trinajstić information content (AvgIpc) is 2.86. The molecule has 0 radical (unpaired) electrons. The van der Waals surface area contributed by atoms with Gasteiger partial charge in [-0.25, -0.2) is 9.78 Å². The Kier molecular flexibility index (Phi) is 7.31. The summed E-state index contributed by atoms with van der Waals surface area (Å²) < 4.78 is 24.4. The van der Waals surface area contributed by atoms with Crippen molar-refractivity contribution in [3.05, 3.63) is 22.6 Å². The van der Waals surface area contributed by atoms with Crippen molar-refractivity contribution >= 4 is 22.6 Å². The Labute approximate surface area is 187 Å². The fourth-order valence-corrected chi connectivity index (χ4v) is 4.87. The number of carbonyl (C=O) groups is 1. The number of hydrogen-bond acceptors (Lipinski definition) is 7. The first kappa shape index (κ1) is 25.8. The molecule has 1 aromatic heterocycles. The van der Waals surface area contributed by atoms with E-state index in [1.165, 1.54) is 12.3 Å². The van der Waals surface area contributed by atoms with Crippen LogP contribution >= 0.6 is 0 Å². The van der Waals surface area contributed by atoms with Gasteiger partial charge in [0.2, 0.25) is 6.10 Å². The van der Waals surface area contributed by atoms with Crippen molar-refractivity contribution in [2.24, 2.45) is 0 Å². The molecule has 176 valence electrons. The minimum atomic E-state index is -2.27. The zero-order valence-electron chi connectivity index (χ0n) is 20.5. The first-order valence-corrected chi connectivity index (χ1v) is 16.5. The fourth-order valence-electron chi connectivity index (χ4n) is 2.55. The van der Waals surface area contributed by atoms with Crippen LogP contribution in [0.15, 0.2) is 17.1 Å². The second-order valence-electron chi connectivity index (χ2n) is 11.2. The summed E-state index contributed by atoms with van der Waals surface area (Å²) >= 11 is 0. The number of rotatable bonds is 7. The van der Waals surface area contributed by atoms with Crippen LogP contribution in [0.2, 0.25) is 36.3 Å². The monoisotopic (exact) mass is 470 g/mol. The third-order valence-corrected chi connectivity index (χ3v) is 15.7. The predicted molar refractivity (Wildman–Crippen MR) is 124 cm³/mol. The minimum absolute atomic E-state index is 0.0226. The van der Waals surface area contributed by atoms with Crippen LogP contribution in [0, 0.1) is 0 Å². The van der Waals surface area contributed by atoms with Gasteiger partial charge in [-0.1, -0.05) is 41.5 Å². The van der Waals surface area contributed by atoms with E-state index in [0.717, 1.165) is 0 Å². The molecule has 2 rings (SSSR count). The molecule has 10 heteroatoms. The number of nitrogens with zero attached hydrogens (tertiary/aromatic N) is 1. The number of hydrogen-bond donors (Lipinski definition) is 1. The molecule has 2 heterocycles. The van der Waals surface area contributed by atoms with Crippen LogP contribution in [0.5, 0.6) is 6.01 Å². The van der Waals surface area contributed by atoms with Gasteiger partial charge in [0.05, 0.1) is 6.61 Å². The molecule has 1 aliphatic heterocycles. The van der Waals surface area contributed by atoms with Gasteiger partial charge < -0.3 is 18.3 Å². The van der Waals surface area contributed by atoms with Crippen LogP contribution in [0.4, 0.5) is 0 Å². The Morgan fingerprint density at radius 1 is 1.03 bits per heavy atom. The predicted octanol–water partition coefficient (Wildman–Crippen LogP) is 3.85. The van der Waals surface area contributed by atoms with Crippen molar-refractivity contribution in [3.63, 3.8) is 0 Å². The van der Waals surface area contributed by atoms with Crippen molar-refractivity contribution in [3.8, 4) is 6.01 Å². The lowest BCUT2D eigenvalue weighted by molar-refractivity contribution is -0.147. The lowest BCUT2D eigenvalue weighted by Gasteiger charge is -2.40. The maximum absolute atomic E-state index is 12.8. The van der Waals surface area contributed by atoms with E-state index in [-0.39, 0.29) is 28.3 Å². The van der Waals surface area contributed by atoms with Crippen molar-refractivity contribution < 1.29 is 23.1 Å². The van der Waals surface area contributed by atoms with Gasteiger partial charge in [-0.05, 0) is 36.3 Å². The van der Waals surface area contributed by atoms with Crippen molar-refractivity contribution in [1.29, 1.82) is 0 Å². The van der Waals surface area contributed by atoms with Gasteiger partial charge in [0.15, 0.2) is 22.7 Å². The van der Waals surface area contributed by atoms with Crippen molar-refractivity contribution in [1.82, 2.24) is 9.97 Å². The Morgan fingerprint density at radius 3 is 2.13 bits per heavy atom. The van der Waals surface area contributed by atoms with Crippen molar-refractivity contribution in [2.45, 2.75) is 96.1 Å². The summed E-state index contributed by atoms with van der Waals surface area (Å²) in [6, 6.07) is 1.24. The van der Waals surface area contributed by atoms with E-state index in [2.05, 4.69) is 77.7 Å². The van der Waals surface area contributed by atoms with Gasteiger partial charge in [0.25, 0.3) is 11.6 Å². The van der Waals surface area contributed by atoms with E-state index in [0.29, 0.717) is 0 Å². The first-order valence-electron chi connectivity index (χ1n) is 10.7. The SMILES string of the molecule is CC(C)(C)[Si](C)(C)OC[C@H]1OC(=O)[C@@H](Oc2nccc(=O)[nH]2)[C@@H]1O[Si](C)(C)C(C)(C)C. The molecule has 3 atom stereocenters. The maximum Gasteiger partial charge on any atom is 0.350 e. The molecule has 1 N–H and O–H groups in total. The third kappa shape index (κ3) is 6.06. The van der Waals surface area contributed by atoms with Crippen LogP contribution in [0.3, 0.4) is 0 Å². The largest absolute Gasteiger partial charge is 0.454 e. The number of cyclic esters (lactones) is 1. The first-order chi connectivity index (χ1) is 13.9. The third-order valence-electron chi connectivity index (χ3n) is 6.70. The van der Waals surface area contributed by atoms with Gasteiger partial charge in [0, 0.05) is 12.3 Å². The van der Waals surface area contributed by atoms with Crippen LogP contribution in [0.1, 0.15) is 41.5 Å². The molecule has 0 unspecified atom stereocenters. The second-order valence-corrected chi connectivity index (χ2v) is 20.7. The summed E-state index contributed by atoms with van der Waals surface area (Å²) in [7, 11) is -4.33. The molecule has 0 aromatic carbocycles. The van der Waals surface area contributed by atoms with Gasteiger partial charge in [-0.15, -0.1) is 0 Å². The number of nitrogens with one attached hydrogen (secondary N) is 1. The summed E-state index contributed by atoms with van der Waals surface area (Å²) in [5.41, 5.74) is -0.365. The topological polar surface area (TPSA) is 99.7 Å². The van der Waals surface area contributed by atoms with Crippen LogP contribution in [0.25, 0.3) is 0 Å². The van der Waals surface area contributed by atoms with Gasteiger partial charge in [0.1, 0.15) is 6.10 Å². The summed E-state index contributed by atoms with van der Waals surface area (Å²) in [5, 5.41) is -0.0535. The Balaban J connectivity index is 2.31. The number of ether oxygens (including phenoxy) is 2. The summed E-state index contributed by atoms with van der Waals surface area (Å²) in [6.07, 6.45) is -0.969. The average molecular weight is 471 g/mol. The Bertz CT molecular complexity index is 841. The quantitative estimate of drug-likeness (QED) is 0.477. The van der Waals surface area contributed by atoms with E-state index in [1.807, 2.05) is 0 Å². The highest BCUT2D eigenvalue weighted by Gasteiger charge is 2.53. The molecule has 0 aliphatic carbocycles. The fraction of sp³-hybridized carbons (Fsp3) is 0.762. The normalized spacial score (nSPS) is 23.0. The van der Waals surface area contributed by atoms with Crippen LogP contribution in [-0.2, 0) is 18.4 Å². The number of aromatic nitrogens is 2. The molecule has 0 saturated carbocycles. The molecular weight excluding hydrogens is 432 g/mol. The molecule has 1 fully saturated rings. The van der Waals surface area contributed by atoms with Gasteiger partial charge in [-0.2, -0.15) is 0 Å². The Hall–Kier alpha value is -1.50. The summed E-state index contributed by atoms with van der Waals surface area (Å²) in [5.74, 6) is -0.543. The van der Waals surface area contributed by atoms with E-state index >= 15 is 0 Å². The molecule has 31 heavy (non-hydrogen) atoms. The van der Waals surface area contributed by atoms with Crippen molar-refractivity contribution in [2.75, 3.05) is 6.61 Å². The molecule has 0 amide bonds. The molecule has 8 nitrogen and oxygen atoms in total.